The molecule has 1 amide bonds. The number of halogens is 1. The van der Waals surface area contributed by atoms with E-state index in [1.165, 1.54) is 30.7 Å². The summed E-state index contributed by atoms with van der Waals surface area (Å²) in [6, 6.07) is 23.4. The van der Waals surface area contributed by atoms with Crippen LogP contribution in [0.25, 0.3) is 0 Å². The van der Waals surface area contributed by atoms with Gasteiger partial charge in [-0.05, 0) is 67.3 Å². The highest BCUT2D eigenvalue weighted by atomic mass is 19.1. The van der Waals surface area contributed by atoms with Crippen LogP contribution in [0.3, 0.4) is 0 Å². The molecule has 0 unspecified atom stereocenters. The Morgan fingerprint density at radius 3 is 2.35 bits per heavy atom. The highest BCUT2D eigenvalue weighted by Crippen LogP contribution is 2.32. The van der Waals surface area contributed by atoms with Crippen LogP contribution >= 0.6 is 0 Å². The van der Waals surface area contributed by atoms with E-state index in [1.54, 1.807) is 17.0 Å². The lowest BCUT2D eigenvalue weighted by atomic mass is 10.1. The lowest BCUT2D eigenvalue weighted by molar-refractivity contribution is -0.120. The van der Waals surface area contributed by atoms with Crippen LogP contribution in [0.4, 0.5) is 15.8 Å². The predicted molar refractivity (Wildman–Crippen MR) is 123 cm³/mol. The van der Waals surface area contributed by atoms with E-state index in [0.717, 1.165) is 17.7 Å². The Balaban J connectivity index is 1.63. The van der Waals surface area contributed by atoms with E-state index in [0.29, 0.717) is 18.3 Å². The summed E-state index contributed by atoms with van der Waals surface area (Å²) in [5, 5.41) is 0. The van der Waals surface area contributed by atoms with Gasteiger partial charge in [0.15, 0.2) is 0 Å². The number of carbonyl (C=O) groups excluding carboxylic acids is 1. The maximum absolute atomic E-state index is 13.5. The fourth-order valence-electron chi connectivity index (χ4n) is 3.94. The number of anilines is 2. The normalized spacial score (nSPS) is 14.2. The topological polar surface area (TPSA) is 49.6 Å². The molecule has 0 radical (unpaired) electrons. The van der Waals surface area contributed by atoms with Crippen LogP contribution in [0.5, 0.6) is 0 Å². The van der Waals surface area contributed by atoms with Crippen molar-refractivity contribution in [3.8, 4) is 0 Å². The molecule has 3 aromatic rings. The molecule has 3 aromatic carbocycles. The SMILES string of the molecule is CCN(c1cccc(CN(C(=O)[C@@H](N)c2ccccc2)c2ccc(F)cc2)c1)C1CC1. The van der Waals surface area contributed by atoms with Crippen molar-refractivity contribution >= 4 is 17.3 Å². The molecule has 160 valence electrons. The molecule has 0 aliphatic heterocycles. The van der Waals surface area contributed by atoms with Gasteiger partial charge in [-0.25, -0.2) is 4.39 Å². The smallest absolute Gasteiger partial charge is 0.248 e. The number of rotatable bonds is 8. The molecule has 0 spiro atoms. The maximum Gasteiger partial charge on any atom is 0.248 e. The van der Waals surface area contributed by atoms with Crippen molar-refractivity contribution in [2.45, 2.75) is 38.4 Å². The zero-order chi connectivity index (χ0) is 21.8. The van der Waals surface area contributed by atoms with Crippen molar-refractivity contribution in [2.24, 2.45) is 5.73 Å². The lowest BCUT2D eigenvalue weighted by Gasteiger charge is -2.28. The number of benzene rings is 3. The first-order chi connectivity index (χ1) is 15.1. The van der Waals surface area contributed by atoms with Gasteiger partial charge in [0.25, 0.3) is 0 Å². The van der Waals surface area contributed by atoms with Crippen molar-refractivity contribution in [3.05, 3.63) is 95.8 Å². The van der Waals surface area contributed by atoms with E-state index in [-0.39, 0.29) is 11.7 Å². The van der Waals surface area contributed by atoms with Gasteiger partial charge in [-0.3, -0.25) is 4.79 Å². The van der Waals surface area contributed by atoms with Gasteiger partial charge in [-0.1, -0.05) is 42.5 Å². The summed E-state index contributed by atoms with van der Waals surface area (Å²) in [7, 11) is 0. The van der Waals surface area contributed by atoms with Gasteiger partial charge >= 0.3 is 0 Å². The summed E-state index contributed by atoms with van der Waals surface area (Å²) in [6.45, 7) is 3.48. The number of nitrogens with two attached hydrogens (primary N) is 1. The summed E-state index contributed by atoms with van der Waals surface area (Å²) in [5.74, 6) is -0.564. The van der Waals surface area contributed by atoms with E-state index in [4.69, 9.17) is 5.73 Å². The third kappa shape index (κ3) is 4.94. The maximum atomic E-state index is 13.5. The number of carbonyl (C=O) groups is 1. The number of hydrogen-bond donors (Lipinski definition) is 1. The average Bonchev–Trinajstić information content (AvgIpc) is 3.64. The highest BCUT2D eigenvalue weighted by Gasteiger charge is 2.28. The van der Waals surface area contributed by atoms with Crippen LogP contribution in [-0.4, -0.2) is 18.5 Å². The fraction of sp³-hybridized carbons (Fsp3) is 0.269. The monoisotopic (exact) mass is 417 g/mol. The van der Waals surface area contributed by atoms with Gasteiger partial charge in [-0.2, -0.15) is 0 Å². The molecule has 1 aliphatic carbocycles. The molecule has 0 saturated heterocycles. The van der Waals surface area contributed by atoms with E-state index >= 15 is 0 Å². The van der Waals surface area contributed by atoms with Crippen LogP contribution in [0, 0.1) is 5.82 Å². The summed E-state index contributed by atoms with van der Waals surface area (Å²) < 4.78 is 13.5. The Hall–Kier alpha value is -3.18. The van der Waals surface area contributed by atoms with Gasteiger partial charge in [-0.15, -0.1) is 0 Å². The standard InChI is InChI=1S/C26H28FN3O/c1-2-29(22-15-16-22)24-10-6-7-19(17-24)18-30(23-13-11-21(27)12-14-23)26(31)25(28)20-8-4-3-5-9-20/h3-14,17,22,25H,2,15-16,18,28H2,1H3/t25-/m0/s1. The molecule has 5 heteroatoms. The van der Waals surface area contributed by atoms with E-state index in [9.17, 15) is 9.18 Å². The molecule has 1 fully saturated rings. The summed E-state index contributed by atoms with van der Waals surface area (Å²) in [5.41, 5.74) is 9.88. The lowest BCUT2D eigenvalue weighted by Crippen LogP contribution is -2.38. The minimum atomic E-state index is -0.798. The quantitative estimate of drug-likeness (QED) is 0.558. The third-order valence-corrected chi connectivity index (χ3v) is 5.74. The molecule has 2 N–H and O–H groups in total. The Morgan fingerprint density at radius 1 is 1.00 bits per heavy atom. The molecule has 1 atom stereocenters. The molecular weight excluding hydrogens is 389 g/mol. The number of hydrogen-bond acceptors (Lipinski definition) is 3. The molecule has 31 heavy (non-hydrogen) atoms. The zero-order valence-corrected chi connectivity index (χ0v) is 17.7. The number of nitrogens with zero attached hydrogens (tertiary/aromatic N) is 2. The van der Waals surface area contributed by atoms with Crippen molar-refractivity contribution in [2.75, 3.05) is 16.3 Å². The van der Waals surface area contributed by atoms with Crippen LogP contribution in [0.15, 0.2) is 78.9 Å². The van der Waals surface area contributed by atoms with Crippen molar-refractivity contribution in [1.29, 1.82) is 0 Å². The second-order valence-electron chi connectivity index (χ2n) is 7.98. The molecule has 1 saturated carbocycles. The summed E-state index contributed by atoms with van der Waals surface area (Å²) >= 11 is 0. The minimum absolute atomic E-state index is 0.224. The first-order valence-electron chi connectivity index (χ1n) is 10.8. The molecule has 0 heterocycles. The minimum Gasteiger partial charge on any atom is -0.369 e. The van der Waals surface area contributed by atoms with Gasteiger partial charge in [0.05, 0.1) is 6.54 Å². The van der Waals surface area contributed by atoms with Gasteiger partial charge in [0.2, 0.25) is 5.91 Å². The van der Waals surface area contributed by atoms with E-state index in [1.807, 2.05) is 42.5 Å². The van der Waals surface area contributed by atoms with Crippen molar-refractivity contribution in [1.82, 2.24) is 0 Å². The van der Waals surface area contributed by atoms with Gasteiger partial charge in [0.1, 0.15) is 11.9 Å². The van der Waals surface area contributed by atoms with Crippen LogP contribution in [-0.2, 0) is 11.3 Å². The van der Waals surface area contributed by atoms with Gasteiger partial charge in [0, 0.05) is 24.0 Å². The summed E-state index contributed by atoms with van der Waals surface area (Å²) in [6.07, 6.45) is 2.45. The first-order valence-corrected chi connectivity index (χ1v) is 10.8. The second kappa shape index (κ2) is 9.31. The number of amides is 1. The molecule has 0 bridgehead atoms. The van der Waals surface area contributed by atoms with E-state index in [2.05, 4.69) is 24.0 Å². The van der Waals surface area contributed by atoms with Crippen molar-refractivity contribution in [3.63, 3.8) is 0 Å². The molecular formula is C26H28FN3O. The Kier molecular flexibility index (Phi) is 6.33. The van der Waals surface area contributed by atoms with Crippen molar-refractivity contribution < 1.29 is 9.18 Å². The largest absolute Gasteiger partial charge is 0.369 e. The molecule has 0 aromatic heterocycles. The highest BCUT2D eigenvalue weighted by molar-refractivity contribution is 5.97. The van der Waals surface area contributed by atoms with Crippen LogP contribution in [0.1, 0.15) is 36.9 Å². The van der Waals surface area contributed by atoms with E-state index < -0.39 is 6.04 Å². The van der Waals surface area contributed by atoms with Gasteiger partial charge < -0.3 is 15.5 Å². The van der Waals surface area contributed by atoms with Crippen LogP contribution < -0.4 is 15.5 Å². The molecule has 4 nitrogen and oxygen atoms in total. The predicted octanol–water partition coefficient (Wildman–Crippen LogP) is 5.05. The molecule has 1 aliphatic rings. The Bertz CT molecular complexity index is 1020. The fourth-order valence-corrected chi connectivity index (χ4v) is 3.94. The Labute approximate surface area is 183 Å². The average molecular weight is 418 g/mol. The van der Waals surface area contributed by atoms with Crippen LogP contribution in [0.2, 0.25) is 0 Å². The Morgan fingerprint density at radius 2 is 1.71 bits per heavy atom. The third-order valence-electron chi connectivity index (χ3n) is 5.74. The summed E-state index contributed by atoms with van der Waals surface area (Å²) in [4.78, 5) is 17.5. The zero-order valence-electron chi connectivity index (χ0n) is 17.7. The molecule has 4 rings (SSSR count). The second-order valence-corrected chi connectivity index (χ2v) is 7.98. The first kappa shape index (κ1) is 21.1.